The Morgan fingerprint density at radius 3 is 2.89 bits per heavy atom. The maximum absolute atomic E-state index is 12.2. The second-order valence-corrected chi connectivity index (χ2v) is 5.56. The molecule has 2 heterocycles. The molecule has 3 rings (SSSR count). The first-order valence-electron chi connectivity index (χ1n) is 7.93. The molecule has 10 heteroatoms. The number of alkyl halides is 2. The van der Waals surface area contributed by atoms with E-state index in [1.165, 1.54) is 47.3 Å². The van der Waals surface area contributed by atoms with Crippen LogP contribution in [0.4, 0.5) is 14.5 Å². The summed E-state index contributed by atoms with van der Waals surface area (Å²) in [5.41, 5.74) is 0.0559. The van der Waals surface area contributed by atoms with Crippen LogP contribution in [0.2, 0.25) is 0 Å². The normalized spacial score (nSPS) is 11.2. The number of halogens is 2. The Labute approximate surface area is 156 Å². The minimum Gasteiger partial charge on any atom is -0.460 e. The van der Waals surface area contributed by atoms with Crippen LogP contribution in [-0.2, 0) is 6.54 Å². The fourth-order valence-corrected chi connectivity index (χ4v) is 2.34. The van der Waals surface area contributed by atoms with E-state index in [9.17, 15) is 23.7 Å². The van der Waals surface area contributed by atoms with E-state index >= 15 is 0 Å². The fourth-order valence-electron chi connectivity index (χ4n) is 2.34. The van der Waals surface area contributed by atoms with Gasteiger partial charge in [-0.1, -0.05) is 12.1 Å². The molecule has 0 aliphatic carbocycles. The zero-order valence-electron chi connectivity index (χ0n) is 14.2. The second-order valence-electron chi connectivity index (χ2n) is 5.56. The summed E-state index contributed by atoms with van der Waals surface area (Å²) < 4.78 is 35.6. The van der Waals surface area contributed by atoms with Crippen molar-refractivity contribution in [2.75, 3.05) is 0 Å². The highest BCUT2D eigenvalue weighted by Crippen LogP contribution is 2.18. The third-order valence-electron chi connectivity index (χ3n) is 3.57. The van der Waals surface area contributed by atoms with Gasteiger partial charge in [0.1, 0.15) is 29.7 Å². The fraction of sp³-hybridized carbons (Fsp3) is 0.111. The molecule has 0 radical (unpaired) electrons. The van der Waals surface area contributed by atoms with Crippen LogP contribution in [-0.4, -0.2) is 27.1 Å². The van der Waals surface area contributed by atoms with Crippen LogP contribution >= 0.6 is 0 Å². The molecule has 0 saturated carbocycles. The number of nitrogens with zero attached hydrogens (tertiary/aromatic N) is 3. The maximum Gasteiger partial charge on any atom is 0.387 e. The van der Waals surface area contributed by atoms with Crippen molar-refractivity contribution < 1.29 is 27.7 Å². The van der Waals surface area contributed by atoms with Crippen molar-refractivity contribution >= 4 is 17.5 Å². The van der Waals surface area contributed by atoms with Crippen LogP contribution < -0.4 is 4.74 Å². The smallest absolute Gasteiger partial charge is 0.387 e. The van der Waals surface area contributed by atoms with Gasteiger partial charge in [0.25, 0.3) is 0 Å². The lowest BCUT2D eigenvalue weighted by Crippen LogP contribution is -2.03. The average Bonchev–Trinajstić information content (AvgIpc) is 3.29. The van der Waals surface area contributed by atoms with Gasteiger partial charge in [0.05, 0.1) is 11.5 Å². The van der Waals surface area contributed by atoms with Gasteiger partial charge in [-0.3, -0.25) is 19.6 Å². The molecule has 0 aliphatic heterocycles. The largest absolute Gasteiger partial charge is 0.460 e. The number of furan rings is 1. The van der Waals surface area contributed by atoms with E-state index in [2.05, 4.69) is 9.84 Å². The lowest BCUT2D eigenvalue weighted by atomic mass is 10.1. The Kier molecular flexibility index (Phi) is 5.58. The molecular weight excluding hydrogens is 376 g/mol. The quantitative estimate of drug-likeness (QED) is 0.250. The van der Waals surface area contributed by atoms with Crippen LogP contribution in [0.3, 0.4) is 0 Å². The topological polar surface area (TPSA) is 100 Å². The Balaban J connectivity index is 1.64. The zero-order chi connectivity index (χ0) is 20.1. The van der Waals surface area contributed by atoms with Gasteiger partial charge in [0.2, 0.25) is 0 Å². The van der Waals surface area contributed by atoms with Crippen LogP contribution in [0.15, 0.2) is 59.3 Å². The summed E-state index contributed by atoms with van der Waals surface area (Å²) in [5, 5.41) is 14.5. The molecular formula is C18H13F2N3O5. The number of ketones is 1. The zero-order valence-corrected chi connectivity index (χ0v) is 14.2. The average molecular weight is 389 g/mol. The third kappa shape index (κ3) is 4.87. The van der Waals surface area contributed by atoms with E-state index in [1.54, 1.807) is 12.1 Å². The van der Waals surface area contributed by atoms with E-state index < -0.39 is 17.3 Å². The van der Waals surface area contributed by atoms with Gasteiger partial charge in [-0.2, -0.15) is 13.9 Å². The molecule has 0 atom stereocenters. The molecule has 0 spiro atoms. The molecule has 2 aromatic heterocycles. The third-order valence-corrected chi connectivity index (χ3v) is 3.57. The molecule has 0 amide bonds. The van der Waals surface area contributed by atoms with Crippen molar-refractivity contribution in [1.82, 2.24) is 9.78 Å². The molecule has 144 valence electrons. The summed E-state index contributed by atoms with van der Waals surface area (Å²) in [7, 11) is 0. The van der Waals surface area contributed by atoms with E-state index in [4.69, 9.17) is 4.42 Å². The number of ether oxygens (including phenoxy) is 1. The minimum absolute atomic E-state index is 0.108. The number of allylic oxidation sites excluding steroid dienone is 1. The summed E-state index contributed by atoms with van der Waals surface area (Å²) in [6.07, 6.45) is 5.07. The van der Waals surface area contributed by atoms with Crippen LogP contribution in [0, 0.1) is 10.1 Å². The first-order valence-corrected chi connectivity index (χ1v) is 7.93. The van der Waals surface area contributed by atoms with Crippen molar-refractivity contribution in [2.45, 2.75) is 13.2 Å². The molecule has 0 bridgehead atoms. The van der Waals surface area contributed by atoms with Gasteiger partial charge in [-0.25, -0.2) is 0 Å². The first kappa shape index (κ1) is 19.0. The molecule has 0 aliphatic rings. The molecule has 1 aromatic carbocycles. The molecule has 0 saturated heterocycles. The number of rotatable bonds is 8. The summed E-state index contributed by atoms with van der Waals surface area (Å²) in [5.74, 6) is 0.339. The molecule has 3 aromatic rings. The van der Waals surface area contributed by atoms with E-state index in [-0.39, 0.29) is 23.5 Å². The number of aromatic nitrogens is 2. The monoisotopic (exact) mass is 389 g/mol. The van der Waals surface area contributed by atoms with E-state index in [1.807, 2.05) is 0 Å². The van der Waals surface area contributed by atoms with Crippen molar-refractivity contribution in [2.24, 2.45) is 0 Å². The standard InChI is InChI=1S/C18H13F2N3O5/c19-18(20)28-15-3-1-2-12(8-15)17(24)7-6-14-4-5-16(27-14)11-22-10-13(9-21-22)23(25)26/h1-10,18H,11H2/b7-6+. The molecule has 8 nitrogen and oxygen atoms in total. The Bertz CT molecular complexity index is 1030. The van der Waals surface area contributed by atoms with Crippen molar-refractivity contribution in [3.05, 3.63) is 82.1 Å². The molecule has 0 unspecified atom stereocenters. The van der Waals surface area contributed by atoms with E-state index in [0.29, 0.717) is 11.5 Å². The summed E-state index contributed by atoms with van der Waals surface area (Å²) in [4.78, 5) is 22.3. The summed E-state index contributed by atoms with van der Waals surface area (Å²) in [6, 6.07) is 8.72. The molecule has 28 heavy (non-hydrogen) atoms. The lowest BCUT2D eigenvalue weighted by Gasteiger charge is -2.04. The maximum atomic E-state index is 12.2. The van der Waals surface area contributed by atoms with Crippen LogP contribution in [0.1, 0.15) is 21.9 Å². The second kappa shape index (κ2) is 8.25. The van der Waals surface area contributed by atoms with Crippen molar-refractivity contribution in [1.29, 1.82) is 0 Å². The van der Waals surface area contributed by atoms with Gasteiger partial charge in [-0.05, 0) is 36.4 Å². The van der Waals surface area contributed by atoms with Crippen molar-refractivity contribution in [3.8, 4) is 5.75 Å². The van der Waals surface area contributed by atoms with Crippen LogP contribution in [0.25, 0.3) is 6.08 Å². The van der Waals surface area contributed by atoms with Gasteiger partial charge in [0, 0.05) is 5.56 Å². The first-order chi connectivity index (χ1) is 13.4. The minimum atomic E-state index is -2.97. The SMILES string of the molecule is O=C(/C=C/c1ccc(Cn2cc([N+](=O)[O-])cn2)o1)c1cccc(OC(F)F)c1. The number of carbonyl (C=O) groups is 1. The Hall–Kier alpha value is -3.82. The number of hydrogen-bond acceptors (Lipinski definition) is 6. The number of benzene rings is 1. The Morgan fingerprint density at radius 2 is 2.18 bits per heavy atom. The molecule has 0 fully saturated rings. The predicted molar refractivity (Wildman–Crippen MR) is 93.1 cm³/mol. The van der Waals surface area contributed by atoms with E-state index in [0.717, 1.165) is 6.20 Å². The number of carbonyl (C=O) groups excluding carboxylic acids is 1. The molecule has 0 N–H and O–H groups in total. The highest BCUT2D eigenvalue weighted by Gasteiger charge is 2.11. The van der Waals surface area contributed by atoms with Gasteiger partial charge in [-0.15, -0.1) is 0 Å². The van der Waals surface area contributed by atoms with Crippen molar-refractivity contribution in [3.63, 3.8) is 0 Å². The van der Waals surface area contributed by atoms with Gasteiger partial charge >= 0.3 is 12.3 Å². The summed E-state index contributed by atoms with van der Waals surface area (Å²) in [6.45, 7) is -2.79. The summed E-state index contributed by atoms with van der Waals surface area (Å²) >= 11 is 0. The van der Waals surface area contributed by atoms with Crippen LogP contribution in [0.5, 0.6) is 5.75 Å². The number of nitro groups is 1. The lowest BCUT2D eigenvalue weighted by molar-refractivity contribution is -0.385. The van der Waals surface area contributed by atoms with Gasteiger partial charge < -0.3 is 9.15 Å². The highest BCUT2D eigenvalue weighted by molar-refractivity contribution is 6.06. The highest BCUT2D eigenvalue weighted by atomic mass is 19.3. The van der Waals surface area contributed by atoms with Gasteiger partial charge in [0.15, 0.2) is 5.78 Å². The predicted octanol–water partition coefficient (Wildman–Crippen LogP) is 3.93. The Morgan fingerprint density at radius 1 is 1.36 bits per heavy atom. The number of hydrogen-bond donors (Lipinski definition) is 0.